The minimum absolute atomic E-state index is 0.00800. The van der Waals surface area contributed by atoms with Crippen molar-refractivity contribution in [1.29, 1.82) is 0 Å². The molecule has 8 rings (SSSR count). The fraction of sp³-hybridized carbons (Fsp3) is 0.0857. The van der Waals surface area contributed by atoms with E-state index in [9.17, 15) is 0 Å². The highest BCUT2D eigenvalue weighted by molar-refractivity contribution is 6.34. The number of benzene rings is 7. The Morgan fingerprint density at radius 3 is 1.94 bits per heavy atom. The van der Waals surface area contributed by atoms with Gasteiger partial charge in [0.25, 0.3) is 0 Å². The monoisotopic (exact) mass is 459 g/mol. The van der Waals surface area contributed by atoms with E-state index in [1.807, 2.05) is 0 Å². The summed E-state index contributed by atoms with van der Waals surface area (Å²) in [6, 6.07) is 40.3. The van der Waals surface area contributed by atoms with Gasteiger partial charge in [0.05, 0.1) is 0 Å². The standard InChI is InChI=1S/C35H25N/c1-35(2)30-15-4-3-10-23(30)24-17-16-22(20-31(24)35)36-32-19-18-28-26-12-6-9-21-8-5-11-25(33(21)26)27-13-7-14-29(32)34(27)28/h3-20,36H,1-2H3. The van der Waals surface area contributed by atoms with Crippen LogP contribution in [0.5, 0.6) is 0 Å². The van der Waals surface area contributed by atoms with Crippen LogP contribution in [0.4, 0.5) is 11.4 Å². The summed E-state index contributed by atoms with van der Waals surface area (Å²) >= 11 is 0. The van der Waals surface area contributed by atoms with E-state index in [0.29, 0.717) is 0 Å². The summed E-state index contributed by atoms with van der Waals surface area (Å²) in [6.45, 7) is 4.67. The highest BCUT2D eigenvalue weighted by Gasteiger charge is 2.35. The molecule has 1 N–H and O–H groups in total. The van der Waals surface area contributed by atoms with Crippen LogP contribution in [-0.2, 0) is 5.41 Å². The Labute approximate surface area is 210 Å². The van der Waals surface area contributed by atoms with Crippen LogP contribution in [0, 0.1) is 0 Å². The lowest BCUT2D eigenvalue weighted by atomic mass is 9.82. The minimum Gasteiger partial charge on any atom is -0.355 e. The summed E-state index contributed by atoms with van der Waals surface area (Å²) < 4.78 is 0. The van der Waals surface area contributed by atoms with E-state index in [1.165, 1.54) is 65.3 Å². The SMILES string of the molecule is CC1(C)c2ccccc2-c2ccc(Nc3ccc4c5cccc6cccc(c7cccc3c74)c65)cc21. The van der Waals surface area contributed by atoms with E-state index in [1.54, 1.807) is 0 Å². The molecule has 0 amide bonds. The van der Waals surface area contributed by atoms with Gasteiger partial charge in [0.2, 0.25) is 0 Å². The number of anilines is 2. The quantitative estimate of drug-likeness (QED) is 0.200. The number of nitrogens with one attached hydrogen (secondary N) is 1. The second-order valence-corrected chi connectivity index (χ2v) is 10.7. The van der Waals surface area contributed by atoms with E-state index in [4.69, 9.17) is 0 Å². The normalized spacial score (nSPS) is 14.1. The predicted molar refractivity (Wildman–Crippen MR) is 155 cm³/mol. The summed E-state index contributed by atoms with van der Waals surface area (Å²) in [6.07, 6.45) is 0. The second kappa shape index (κ2) is 6.86. The molecule has 7 aromatic carbocycles. The summed E-state index contributed by atoms with van der Waals surface area (Å²) in [7, 11) is 0. The van der Waals surface area contributed by atoms with Gasteiger partial charge in [-0.1, -0.05) is 105 Å². The minimum atomic E-state index is -0.00800. The van der Waals surface area contributed by atoms with Gasteiger partial charge < -0.3 is 5.32 Å². The fourth-order valence-corrected chi connectivity index (χ4v) is 6.69. The molecule has 0 bridgehead atoms. The van der Waals surface area contributed by atoms with Gasteiger partial charge in [-0.25, -0.2) is 0 Å². The first-order valence-corrected chi connectivity index (χ1v) is 12.7. The van der Waals surface area contributed by atoms with Crippen molar-refractivity contribution in [3.8, 4) is 11.1 Å². The zero-order chi connectivity index (χ0) is 24.0. The van der Waals surface area contributed by atoms with Crippen LogP contribution in [0.3, 0.4) is 0 Å². The Bertz CT molecular complexity index is 1940. The van der Waals surface area contributed by atoms with Crippen molar-refractivity contribution in [2.24, 2.45) is 0 Å². The third-order valence-corrected chi connectivity index (χ3v) is 8.39. The molecule has 0 saturated carbocycles. The Hall–Kier alpha value is -4.36. The van der Waals surface area contributed by atoms with E-state index in [-0.39, 0.29) is 5.41 Å². The Kier molecular flexibility index (Phi) is 3.79. The molecule has 0 heterocycles. The lowest BCUT2D eigenvalue weighted by Crippen LogP contribution is -2.15. The van der Waals surface area contributed by atoms with E-state index >= 15 is 0 Å². The lowest BCUT2D eigenvalue weighted by Gasteiger charge is -2.22. The van der Waals surface area contributed by atoms with Gasteiger partial charge in [0, 0.05) is 22.2 Å². The Morgan fingerprint density at radius 2 is 1.14 bits per heavy atom. The molecular formula is C35H25N. The van der Waals surface area contributed by atoms with Gasteiger partial charge in [-0.15, -0.1) is 0 Å². The van der Waals surface area contributed by atoms with Gasteiger partial charge >= 0.3 is 0 Å². The maximum atomic E-state index is 3.79. The molecule has 0 spiro atoms. The Morgan fingerprint density at radius 1 is 0.500 bits per heavy atom. The second-order valence-electron chi connectivity index (χ2n) is 10.7. The van der Waals surface area contributed by atoms with Crippen LogP contribution >= 0.6 is 0 Å². The van der Waals surface area contributed by atoms with Gasteiger partial charge in [-0.05, 0) is 78.2 Å². The van der Waals surface area contributed by atoms with Crippen molar-refractivity contribution >= 4 is 54.5 Å². The third-order valence-electron chi connectivity index (χ3n) is 8.39. The van der Waals surface area contributed by atoms with Crippen LogP contribution < -0.4 is 5.32 Å². The molecule has 1 aliphatic rings. The van der Waals surface area contributed by atoms with E-state index in [0.717, 1.165) is 11.4 Å². The molecule has 0 aliphatic heterocycles. The van der Waals surface area contributed by atoms with Gasteiger partial charge in [0.15, 0.2) is 0 Å². The number of hydrogen-bond donors (Lipinski definition) is 1. The van der Waals surface area contributed by atoms with Crippen LogP contribution in [0.25, 0.3) is 54.2 Å². The van der Waals surface area contributed by atoms with Crippen LogP contribution in [-0.4, -0.2) is 0 Å². The molecule has 7 aromatic rings. The first-order chi connectivity index (χ1) is 17.6. The highest BCUT2D eigenvalue weighted by Crippen LogP contribution is 2.49. The maximum Gasteiger partial charge on any atom is 0.0464 e. The number of fused-ring (bicyclic) bond motifs is 5. The summed E-state index contributed by atoms with van der Waals surface area (Å²) in [5.41, 5.74) is 7.78. The van der Waals surface area contributed by atoms with Crippen molar-refractivity contribution in [1.82, 2.24) is 0 Å². The molecule has 36 heavy (non-hydrogen) atoms. The van der Waals surface area contributed by atoms with Crippen molar-refractivity contribution in [2.75, 3.05) is 5.32 Å². The molecule has 0 saturated heterocycles. The smallest absolute Gasteiger partial charge is 0.0464 e. The first kappa shape index (κ1) is 19.9. The molecule has 0 radical (unpaired) electrons. The number of hydrogen-bond acceptors (Lipinski definition) is 1. The molecule has 1 nitrogen and oxygen atoms in total. The lowest BCUT2D eigenvalue weighted by molar-refractivity contribution is 0.660. The average molecular weight is 460 g/mol. The first-order valence-electron chi connectivity index (χ1n) is 12.7. The van der Waals surface area contributed by atoms with Gasteiger partial charge in [-0.3, -0.25) is 0 Å². The number of rotatable bonds is 2. The zero-order valence-corrected chi connectivity index (χ0v) is 20.4. The van der Waals surface area contributed by atoms with Crippen LogP contribution in [0.2, 0.25) is 0 Å². The molecular weight excluding hydrogens is 434 g/mol. The van der Waals surface area contributed by atoms with Crippen molar-refractivity contribution in [3.63, 3.8) is 0 Å². The molecule has 0 fully saturated rings. The van der Waals surface area contributed by atoms with E-state index in [2.05, 4.69) is 128 Å². The summed E-state index contributed by atoms with van der Waals surface area (Å²) in [5, 5.41) is 14.4. The fourth-order valence-electron chi connectivity index (χ4n) is 6.69. The molecule has 170 valence electrons. The average Bonchev–Trinajstić information content (AvgIpc) is 3.14. The molecule has 1 heteroatoms. The van der Waals surface area contributed by atoms with E-state index < -0.39 is 0 Å². The summed E-state index contributed by atoms with van der Waals surface area (Å²) in [4.78, 5) is 0. The van der Waals surface area contributed by atoms with Gasteiger partial charge in [-0.2, -0.15) is 0 Å². The van der Waals surface area contributed by atoms with Gasteiger partial charge in [0.1, 0.15) is 0 Å². The topological polar surface area (TPSA) is 12.0 Å². The molecule has 0 aromatic heterocycles. The zero-order valence-electron chi connectivity index (χ0n) is 20.4. The third kappa shape index (κ3) is 2.50. The maximum absolute atomic E-state index is 3.79. The molecule has 0 unspecified atom stereocenters. The summed E-state index contributed by atoms with van der Waals surface area (Å²) in [5.74, 6) is 0. The molecule has 0 atom stereocenters. The van der Waals surface area contributed by atoms with Crippen LogP contribution in [0.1, 0.15) is 25.0 Å². The predicted octanol–water partition coefficient (Wildman–Crippen LogP) is 9.79. The van der Waals surface area contributed by atoms with Crippen molar-refractivity contribution in [3.05, 3.63) is 120 Å². The largest absolute Gasteiger partial charge is 0.355 e. The van der Waals surface area contributed by atoms with Crippen molar-refractivity contribution < 1.29 is 0 Å². The Balaban J connectivity index is 1.33. The van der Waals surface area contributed by atoms with Crippen molar-refractivity contribution in [2.45, 2.75) is 19.3 Å². The highest BCUT2D eigenvalue weighted by atomic mass is 14.9. The molecule has 1 aliphatic carbocycles. The van der Waals surface area contributed by atoms with Crippen LogP contribution in [0.15, 0.2) is 109 Å².